The van der Waals surface area contributed by atoms with Gasteiger partial charge in [0, 0.05) is 19.0 Å². The zero-order chi connectivity index (χ0) is 9.68. The Morgan fingerprint density at radius 3 is 2.85 bits per heavy atom. The first kappa shape index (κ1) is 9.90. The normalized spacial score (nSPS) is 12.8. The third-order valence-electron chi connectivity index (χ3n) is 1.86. The lowest BCUT2D eigenvalue weighted by Gasteiger charge is -2.08. The van der Waals surface area contributed by atoms with Crippen molar-refractivity contribution in [1.82, 2.24) is 4.98 Å². The summed E-state index contributed by atoms with van der Waals surface area (Å²) in [5, 5.41) is 0. The van der Waals surface area contributed by atoms with Gasteiger partial charge in [-0.2, -0.15) is 0 Å². The van der Waals surface area contributed by atoms with E-state index in [2.05, 4.69) is 23.0 Å². The Bertz CT molecular complexity index is 303. The third kappa shape index (κ3) is 2.38. The van der Waals surface area contributed by atoms with Crippen LogP contribution in [0, 0.1) is 6.92 Å². The van der Waals surface area contributed by atoms with E-state index in [1.807, 2.05) is 26.3 Å². The van der Waals surface area contributed by atoms with Crippen LogP contribution in [0.2, 0.25) is 0 Å². The molecule has 0 spiro atoms. The Balaban J connectivity index is 0.000000396. The molecule has 2 rings (SSSR count). The molecule has 1 aliphatic rings. The van der Waals surface area contributed by atoms with Crippen molar-refractivity contribution in [3.05, 3.63) is 29.1 Å². The minimum Gasteiger partial charge on any atom is -0.291 e. The van der Waals surface area contributed by atoms with Gasteiger partial charge in [0.1, 0.15) is 0 Å². The van der Waals surface area contributed by atoms with Gasteiger partial charge in [0.15, 0.2) is 0 Å². The molecule has 0 bridgehead atoms. The summed E-state index contributed by atoms with van der Waals surface area (Å²) < 4.78 is 0. The van der Waals surface area contributed by atoms with Crippen LogP contribution >= 0.6 is 0 Å². The number of fused-ring (bicyclic) bond motifs is 1. The molecule has 2 heterocycles. The van der Waals surface area contributed by atoms with E-state index in [-0.39, 0.29) is 0 Å². The van der Waals surface area contributed by atoms with E-state index in [4.69, 9.17) is 0 Å². The van der Waals surface area contributed by atoms with Crippen LogP contribution in [-0.4, -0.2) is 17.7 Å². The molecule has 0 unspecified atom stereocenters. The lowest BCUT2D eigenvalue weighted by molar-refractivity contribution is 0.931. The zero-order valence-corrected chi connectivity index (χ0v) is 8.54. The van der Waals surface area contributed by atoms with Crippen molar-refractivity contribution in [2.75, 3.05) is 6.54 Å². The van der Waals surface area contributed by atoms with Gasteiger partial charge in [-0.3, -0.25) is 9.98 Å². The van der Waals surface area contributed by atoms with Gasteiger partial charge in [-0.05, 0) is 24.5 Å². The molecule has 1 aliphatic heterocycles. The van der Waals surface area contributed by atoms with Gasteiger partial charge >= 0.3 is 0 Å². The topological polar surface area (TPSA) is 25.2 Å². The summed E-state index contributed by atoms with van der Waals surface area (Å²) in [4.78, 5) is 8.43. The molecule has 0 saturated carbocycles. The fourth-order valence-corrected chi connectivity index (χ4v) is 1.29. The standard InChI is InChI=1S/C9H10N2.C2H6/c1-7-4-8-2-3-10-6-9(8)11-5-7;1-2/h4-6H,2-3H2,1H3;1-2H3. The van der Waals surface area contributed by atoms with Crippen molar-refractivity contribution in [3.63, 3.8) is 0 Å². The molecule has 0 radical (unpaired) electrons. The Kier molecular flexibility index (Phi) is 3.62. The maximum Gasteiger partial charge on any atom is 0.0840 e. The Labute approximate surface area is 79.7 Å². The van der Waals surface area contributed by atoms with Gasteiger partial charge in [0.05, 0.1) is 5.69 Å². The number of hydrogen-bond acceptors (Lipinski definition) is 2. The molecule has 2 nitrogen and oxygen atoms in total. The smallest absolute Gasteiger partial charge is 0.0840 e. The fraction of sp³-hybridized carbons (Fsp3) is 0.455. The average Bonchev–Trinajstić information content (AvgIpc) is 2.21. The van der Waals surface area contributed by atoms with Crippen LogP contribution in [0.4, 0.5) is 0 Å². The van der Waals surface area contributed by atoms with Crippen LogP contribution in [-0.2, 0) is 6.42 Å². The summed E-state index contributed by atoms with van der Waals surface area (Å²) in [6.07, 6.45) is 4.79. The molecule has 13 heavy (non-hydrogen) atoms. The minimum atomic E-state index is 0.915. The first-order chi connectivity index (χ1) is 6.36. The quantitative estimate of drug-likeness (QED) is 0.596. The molecule has 1 aromatic heterocycles. The van der Waals surface area contributed by atoms with Gasteiger partial charge in [-0.15, -0.1) is 0 Å². The van der Waals surface area contributed by atoms with Gasteiger partial charge in [-0.1, -0.05) is 19.9 Å². The highest BCUT2D eigenvalue weighted by molar-refractivity contribution is 5.80. The van der Waals surface area contributed by atoms with E-state index in [1.54, 1.807) is 0 Å². The predicted molar refractivity (Wildman–Crippen MR) is 56.5 cm³/mol. The first-order valence-electron chi connectivity index (χ1n) is 4.81. The van der Waals surface area contributed by atoms with Crippen LogP contribution in [0.1, 0.15) is 30.7 Å². The van der Waals surface area contributed by atoms with Gasteiger partial charge < -0.3 is 0 Å². The summed E-state index contributed by atoms with van der Waals surface area (Å²) in [7, 11) is 0. The summed E-state index contributed by atoms with van der Waals surface area (Å²) in [5.41, 5.74) is 3.61. The Morgan fingerprint density at radius 1 is 1.31 bits per heavy atom. The number of nitrogens with zero attached hydrogens (tertiary/aromatic N) is 2. The third-order valence-corrected chi connectivity index (χ3v) is 1.86. The lowest BCUT2D eigenvalue weighted by Crippen LogP contribution is -2.05. The number of rotatable bonds is 0. The second kappa shape index (κ2) is 4.75. The summed E-state index contributed by atoms with van der Waals surface area (Å²) in [6, 6.07) is 2.19. The predicted octanol–water partition coefficient (Wildman–Crippen LogP) is 2.39. The molecule has 0 N–H and O–H groups in total. The SMILES string of the molecule is CC.Cc1cnc2c(c1)CCN=C2. The van der Waals surface area contributed by atoms with Crippen molar-refractivity contribution < 1.29 is 0 Å². The minimum absolute atomic E-state index is 0.915. The highest BCUT2D eigenvalue weighted by Gasteiger charge is 2.04. The molecule has 0 amide bonds. The van der Waals surface area contributed by atoms with Crippen molar-refractivity contribution in [3.8, 4) is 0 Å². The van der Waals surface area contributed by atoms with Crippen LogP contribution in [0.25, 0.3) is 0 Å². The molecular weight excluding hydrogens is 160 g/mol. The molecule has 0 aromatic carbocycles. The first-order valence-corrected chi connectivity index (χ1v) is 4.81. The van der Waals surface area contributed by atoms with E-state index in [0.29, 0.717) is 0 Å². The molecular formula is C11H16N2. The number of hydrogen-bond donors (Lipinski definition) is 0. The molecule has 1 aromatic rings. The van der Waals surface area contributed by atoms with Gasteiger partial charge in [0.25, 0.3) is 0 Å². The second-order valence-electron chi connectivity index (χ2n) is 2.84. The van der Waals surface area contributed by atoms with Gasteiger partial charge in [0.2, 0.25) is 0 Å². The van der Waals surface area contributed by atoms with Crippen LogP contribution in [0.15, 0.2) is 17.3 Å². The van der Waals surface area contributed by atoms with Crippen molar-refractivity contribution in [1.29, 1.82) is 0 Å². The Morgan fingerprint density at radius 2 is 2.08 bits per heavy atom. The average molecular weight is 176 g/mol. The summed E-state index contributed by atoms with van der Waals surface area (Å²) in [5.74, 6) is 0. The number of aliphatic imine (C=N–C) groups is 1. The van der Waals surface area contributed by atoms with Gasteiger partial charge in [-0.25, -0.2) is 0 Å². The van der Waals surface area contributed by atoms with E-state index in [1.165, 1.54) is 11.1 Å². The van der Waals surface area contributed by atoms with E-state index >= 15 is 0 Å². The molecule has 0 saturated heterocycles. The highest BCUT2D eigenvalue weighted by Crippen LogP contribution is 2.10. The maximum absolute atomic E-state index is 4.27. The summed E-state index contributed by atoms with van der Waals surface area (Å²) >= 11 is 0. The number of aryl methyl sites for hydroxylation is 1. The fourth-order valence-electron chi connectivity index (χ4n) is 1.29. The molecule has 70 valence electrons. The summed E-state index contributed by atoms with van der Waals surface area (Å²) in [6.45, 7) is 6.98. The maximum atomic E-state index is 4.27. The largest absolute Gasteiger partial charge is 0.291 e. The van der Waals surface area contributed by atoms with Crippen molar-refractivity contribution in [2.24, 2.45) is 4.99 Å². The van der Waals surface area contributed by atoms with Crippen molar-refractivity contribution in [2.45, 2.75) is 27.2 Å². The van der Waals surface area contributed by atoms with Crippen LogP contribution in [0.3, 0.4) is 0 Å². The number of pyridine rings is 1. The second-order valence-corrected chi connectivity index (χ2v) is 2.84. The van der Waals surface area contributed by atoms with E-state index in [9.17, 15) is 0 Å². The highest BCUT2D eigenvalue weighted by atomic mass is 14.8. The zero-order valence-electron chi connectivity index (χ0n) is 8.54. The van der Waals surface area contributed by atoms with Crippen LogP contribution in [0.5, 0.6) is 0 Å². The van der Waals surface area contributed by atoms with E-state index in [0.717, 1.165) is 18.7 Å². The van der Waals surface area contributed by atoms with Crippen molar-refractivity contribution >= 4 is 6.21 Å². The number of aromatic nitrogens is 1. The van der Waals surface area contributed by atoms with E-state index < -0.39 is 0 Å². The molecule has 0 atom stereocenters. The Hall–Kier alpha value is -1.18. The molecule has 0 fully saturated rings. The molecule has 2 heteroatoms. The van der Waals surface area contributed by atoms with Crippen LogP contribution < -0.4 is 0 Å². The molecule has 0 aliphatic carbocycles. The monoisotopic (exact) mass is 176 g/mol. The lowest BCUT2D eigenvalue weighted by atomic mass is 10.1.